The second-order valence-corrected chi connectivity index (χ2v) is 7.98. The van der Waals surface area contributed by atoms with E-state index in [1.54, 1.807) is 34.6 Å². The third-order valence-corrected chi connectivity index (χ3v) is 5.59. The molecule has 0 fully saturated rings. The lowest BCUT2D eigenvalue weighted by atomic mass is 10.2. The van der Waals surface area contributed by atoms with E-state index in [1.807, 2.05) is 31.2 Å². The molecule has 4 nitrogen and oxygen atoms in total. The smallest absolute Gasteiger partial charge is 0.256 e. The van der Waals surface area contributed by atoms with Crippen molar-refractivity contribution in [3.05, 3.63) is 74.9 Å². The van der Waals surface area contributed by atoms with Crippen molar-refractivity contribution in [1.82, 2.24) is 9.78 Å². The first-order chi connectivity index (χ1) is 12.5. The van der Waals surface area contributed by atoms with Crippen molar-refractivity contribution in [2.75, 3.05) is 5.32 Å². The Kier molecular flexibility index (Phi) is 4.69. The minimum atomic E-state index is -0.262. The Morgan fingerprint density at radius 2 is 1.81 bits per heavy atom. The number of carbonyl (C=O) groups is 1. The summed E-state index contributed by atoms with van der Waals surface area (Å²) >= 11 is 13.8. The Bertz CT molecular complexity index is 979. The molecule has 1 aliphatic rings. The lowest BCUT2D eigenvalue weighted by Crippen LogP contribution is -2.16. The molecule has 1 N–H and O–H groups in total. The number of benzene rings is 2. The van der Waals surface area contributed by atoms with E-state index < -0.39 is 0 Å². The Morgan fingerprint density at radius 1 is 1.12 bits per heavy atom. The van der Waals surface area contributed by atoms with Gasteiger partial charge in [-0.2, -0.15) is 16.9 Å². The third-order valence-electron chi connectivity index (χ3n) is 4.19. The number of nitrogens with zero attached hydrogens (tertiary/aromatic N) is 2. The van der Waals surface area contributed by atoms with Gasteiger partial charge >= 0.3 is 0 Å². The molecule has 4 rings (SSSR count). The van der Waals surface area contributed by atoms with Crippen molar-refractivity contribution in [3.63, 3.8) is 0 Å². The summed E-state index contributed by atoms with van der Waals surface area (Å²) in [6.07, 6.45) is 0. The average Bonchev–Trinajstić information content (AvgIpc) is 3.17. The highest BCUT2D eigenvalue weighted by Crippen LogP contribution is 2.36. The van der Waals surface area contributed by atoms with Gasteiger partial charge in [-0.15, -0.1) is 0 Å². The Labute approximate surface area is 165 Å². The van der Waals surface area contributed by atoms with Gasteiger partial charge in [-0.05, 0) is 37.3 Å². The standard InChI is InChI=1S/C19H15Cl2N3OS/c1-11-2-4-15(5-3-11)24-18(16-9-26-10-17(16)23-24)22-19(25)12-6-13(20)8-14(21)7-12/h2-8H,9-10H2,1H3,(H,22,25). The van der Waals surface area contributed by atoms with E-state index in [2.05, 4.69) is 5.32 Å². The predicted octanol–water partition coefficient (Wildman–Crippen LogP) is 5.49. The van der Waals surface area contributed by atoms with E-state index in [4.69, 9.17) is 28.3 Å². The maximum absolute atomic E-state index is 12.8. The van der Waals surface area contributed by atoms with Crippen LogP contribution >= 0.6 is 35.0 Å². The Balaban J connectivity index is 1.73. The quantitative estimate of drug-likeness (QED) is 0.628. The molecule has 1 aliphatic heterocycles. The molecule has 1 amide bonds. The summed E-state index contributed by atoms with van der Waals surface area (Å²) in [5.74, 6) is 2.12. The van der Waals surface area contributed by atoms with E-state index >= 15 is 0 Å². The van der Waals surface area contributed by atoms with Crippen molar-refractivity contribution in [2.45, 2.75) is 18.4 Å². The van der Waals surface area contributed by atoms with Crippen molar-refractivity contribution >= 4 is 46.7 Å². The van der Waals surface area contributed by atoms with Gasteiger partial charge in [0.25, 0.3) is 5.91 Å². The van der Waals surface area contributed by atoms with Gasteiger partial charge < -0.3 is 5.32 Å². The molecule has 26 heavy (non-hydrogen) atoms. The number of amides is 1. The molecular weight excluding hydrogens is 389 g/mol. The van der Waals surface area contributed by atoms with Gasteiger partial charge in [0.15, 0.2) is 0 Å². The number of hydrogen-bond acceptors (Lipinski definition) is 3. The number of nitrogens with one attached hydrogen (secondary N) is 1. The molecule has 0 spiro atoms. The highest BCUT2D eigenvalue weighted by atomic mass is 35.5. The summed E-state index contributed by atoms with van der Waals surface area (Å²) in [6.45, 7) is 2.04. The molecule has 0 saturated carbocycles. The summed E-state index contributed by atoms with van der Waals surface area (Å²) < 4.78 is 1.80. The van der Waals surface area contributed by atoms with Crippen molar-refractivity contribution in [1.29, 1.82) is 0 Å². The fourth-order valence-corrected chi connectivity index (χ4v) is 4.44. The number of carbonyl (C=O) groups excluding carboxylic acids is 1. The largest absolute Gasteiger partial charge is 0.306 e. The van der Waals surface area contributed by atoms with Crippen LogP contribution in [0.25, 0.3) is 5.69 Å². The fourth-order valence-electron chi connectivity index (χ4n) is 2.88. The maximum Gasteiger partial charge on any atom is 0.256 e. The first-order valence-electron chi connectivity index (χ1n) is 8.04. The predicted molar refractivity (Wildman–Crippen MR) is 108 cm³/mol. The van der Waals surface area contributed by atoms with Crippen LogP contribution in [0.3, 0.4) is 0 Å². The van der Waals surface area contributed by atoms with Gasteiger partial charge in [0.1, 0.15) is 5.82 Å². The van der Waals surface area contributed by atoms with E-state index in [9.17, 15) is 4.79 Å². The van der Waals surface area contributed by atoms with E-state index in [-0.39, 0.29) is 5.91 Å². The molecule has 0 aliphatic carbocycles. The molecular formula is C19H15Cl2N3OS. The van der Waals surface area contributed by atoms with Crippen molar-refractivity contribution in [2.24, 2.45) is 0 Å². The van der Waals surface area contributed by atoms with Gasteiger partial charge in [0.2, 0.25) is 0 Å². The third kappa shape index (κ3) is 3.34. The molecule has 0 bridgehead atoms. The van der Waals surface area contributed by atoms with Gasteiger partial charge in [-0.3, -0.25) is 4.79 Å². The lowest BCUT2D eigenvalue weighted by Gasteiger charge is -2.12. The SMILES string of the molecule is Cc1ccc(-n2nc3c(c2NC(=O)c2cc(Cl)cc(Cl)c2)CSC3)cc1. The first kappa shape index (κ1) is 17.5. The second kappa shape index (κ2) is 6.99. The summed E-state index contributed by atoms with van der Waals surface area (Å²) in [5, 5.41) is 8.56. The Morgan fingerprint density at radius 3 is 2.50 bits per heavy atom. The number of fused-ring (bicyclic) bond motifs is 1. The zero-order valence-corrected chi connectivity index (χ0v) is 16.3. The monoisotopic (exact) mass is 403 g/mol. The number of anilines is 1. The van der Waals surface area contributed by atoms with Gasteiger partial charge in [-0.25, -0.2) is 4.68 Å². The van der Waals surface area contributed by atoms with Crippen LogP contribution in [0.4, 0.5) is 5.82 Å². The van der Waals surface area contributed by atoms with Crippen LogP contribution in [0.5, 0.6) is 0 Å². The summed E-state index contributed by atoms with van der Waals surface area (Å²) in [5.41, 5.74) is 4.57. The number of rotatable bonds is 3. The fraction of sp³-hybridized carbons (Fsp3) is 0.158. The topological polar surface area (TPSA) is 46.9 Å². The van der Waals surface area contributed by atoms with Crippen LogP contribution in [-0.2, 0) is 11.5 Å². The lowest BCUT2D eigenvalue weighted by molar-refractivity contribution is 0.102. The van der Waals surface area contributed by atoms with Gasteiger partial charge in [0.05, 0.1) is 11.4 Å². The second-order valence-electron chi connectivity index (χ2n) is 6.13. The highest BCUT2D eigenvalue weighted by Gasteiger charge is 2.25. The highest BCUT2D eigenvalue weighted by molar-refractivity contribution is 7.98. The van der Waals surface area contributed by atoms with E-state index in [0.717, 1.165) is 28.5 Å². The normalized spacial score (nSPS) is 12.9. The van der Waals surface area contributed by atoms with Crippen molar-refractivity contribution in [3.8, 4) is 5.69 Å². The molecule has 0 atom stereocenters. The molecule has 3 aromatic rings. The van der Waals surface area contributed by atoms with E-state index in [1.165, 1.54) is 5.56 Å². The van der Waals surface area contributed by atoms with Gasteiger partial charge in [0, 0.05) is 32.7 Å². The molecule has 132 valence electrons. The molecule has 0 unspecified atom stereocenters. The van der Waals surface area contributed by atoms with Crippen LogP contribution in [0.15, 0.2) is 42.5 Å². The number of halogens is 2. The zero-order chi connectivity index (χ0) is 18.3. The zero-order valence-electron chi connectivity index (χ0n) is 13.9. The van der Waals surface area contributed by atoms with Crippen molar-refractivity contribution < 1.29 is 4.79 Å². The van der Waals surface area contributed by atoms with Crippen LogP contribution in [0, 0.1) is 6.92 Å². The molecule has 2 heterocycles. The number of thioether (sulfide) groups is 1. The minimum absolute atomic E-state index is 0.262. The molecule has 0 radical (unpaired) electrons. The van der Waals surface area contributed by atoms with Crippen LogP contribution in [-0.4, -0.2) is 15.7 Å². The van der Waals surface area contributed by atoms with Crippen LogP contribution in [0.1, 0.15) is 27.2 Å². The first-order valence-corrected chi connectivity index (χ1v) is 9.95. The minimum Gasteiger partial charge on any atom is -0.306 e. The summed E-state index contributed by atoms with van der Waals surface area (Å²) in [7, 11) is 0. The number of hydrogen-bond donors (Lipinski definition) is 1. The summed E-state index contributed by atoms with van der Waals surface area (Å²) in [6, 6.07) is 12.9. The number of aromatic nitrogens is 2. The average molecular weight is 404 g/mol. The maximum atomic E-state index is 12.8. The summed E-state index contributed by atoms with van der Waals surface area (Å²) in [4.78, 5) is 12.8. The van der Waals surface area contributed by atoms with E-state index in [0.29, 0.717) is 21.4 Å². The van der Waals surface area contributed by atoms with Gasteiger partial charge in [-0.1, -0.05) is 40.9 Å². The van der Waals surface area contributed by atoms with Crippen LogP contribution < -0.4 is 5.32 Å². The molecule has 7 heteroatoms. The molecule has 2 aromatic carbocycles. The number of aryl methyl sites for hydroxylation is 1. The molecule has 1 aromatic heterocycles. The Hall–Kier alpha value is -1.95. The van der Waals surface area contributed by atoms with Crippen LogP contribution in [0.2, 0.25) is 10.0 Å². The molecule has 0 saturated heterocycles.